The van der Waals surface area contributed by atoms with Crippen molar-refractivity contribution in [1.29, 1.82) is 0 Å². The second-order valence-corrected chi connectivity index (χ2v) is 5.08. The molecule has 1 aromatic rings. The molecule has 0 spiro atoms. The molecule has 2 rings (SSSR count). The van der Waals surface area contributed by atoms with Crippen LogP contribution in [0.5, 0.6) is 0 Å². The van der Waals surface area contributed by atoms with Gasteiger partial charge in [-0.15, -0.1) is 0 Å². The molecule has 6 heteroatoms. The minimum Gasteiger partial charge on any atom is -0.394 e. The fourth-order valence-electron chi connectivity index (χ4n) is 2.37. The van der Waals surface area contributed by atoms with E-state index in [1.165, 1.54) is 0 Å². The second-order valence-electron chi connectivity index (χ2n) is 4.70. The van der Waals surface area contributed by atoms with Crippen LogP contribution < -0.4 is 5.32 Å². The third-order valence-electron chi connectivity index (χ3n) is 3.27. The Kier molecular flexibility index (Phi) is 4.37. The minimum atomic E-state index is -0.262. The van der Waals surface area contributed by atoms with E-state index in [0.717, 1.165) is 25.7 Å². The zero-order valence-electron chi connectivity index (χ0n) is 10.4. The number of rotatable bonds is 5. The summed E-state index contributed by atoms with van der Waals surface area (Å²) in [5.41, 5.74) is -0.262. The number of aromatic nitrogens is 2. The van der Waals surface area contributed by atoms with Crippen molar-refractivity contribution < 1.29 is 9.84 Å². The number of nitrogens with one attached hydrogen (secondary N) is 1. The first-order valence-electron chi connectivity index (χ1n) is 6.09. The summed E-state index contributed by atoms with van der Waals surface area (Å²) >= 11 is 5.95. The molecule has 2 N–H and O–H groups in total. The maximum absolute atomic E-state index is 9.56. The van der Waals surface area contributed by atoms with Crippen molar-refractivity contribution in [3.8, 4) is 0 Å². The quantitative estimate of drug-likeness (QED) is 0.802. The van der Waals surface area contributed by atoms with Crippen molar-refractivity contribution in [2.75, 3.05) is 19.0 Å². The largest absolute Gasteiger partial charge is 0.394 e. The Hall–Kier alpha value is -0.910. The van der Waals surface area contributed by atoms with Gasteiger partial charge >= 0.3 is 0 Å². The summed E-state index contributed by atoms with van der Waals surface area (Å²) in [6.45, 7) is 0.426. The highest BCUT2D eigenvalue weighted by atomic mass is 35.5. The van der Waals surface area contributed by atoms with E-state index in [-0.39, 0.29) is 12.1 Å². The highest BCUT2D eigenvalue weighted by molar-refractivity contribution is 6.29. The van der Waals surface area contributed by atoms with E-state index in [9.17, 15) is 5.11 Å². The molecule has 1 aromatic heterocycles. The number of methoxy groups -OCH3 is 1. The van der Waals surface area contributed by atoms with Crippen molar-refractivity contribution in [1.82, 2.24) is 9.97 Å². The van der Waals surface area contributed by atoms with Gasteiger partial charge in [0.05, 0.1) is 12.1 Å². The lowest BCUT2D eigenvalue weighted by atomic mass is 9.99. The van der Waals surface area contributed by atoms with Crippen LogP contribution in [-0.4, -0.2) is 34.3 Å². The molecular formula is C12H18ClN3O2. The molecule has 0 amide bonds. The molecule has 18 heavy (non-hydrogen) atoms. The van der Waals surface area contributed by atoms with Crippen LogP contribution in [0.4, 0.5) is 5.82 Å². The normalized spacial score (nSPS) is 17.9. The zero-order valence-corrected chi connectivity index (χ0v) is 11.2. The maximum atomic E-state index is 9.56. The smallest absolute Gasteiger partial charge is 0.158 e. The van der Waals surface area contributed by atoms with E-state index in [0.29, 0.717) is 23.4 Å². The van der Waals surface area contributed by atoms with Crippen LogP contribution in [0.3, 0.4) is 0 Å². The molecule has 1 heterocycles. The lowest BCUT2D eigenvalue weighted by molar-refractivity contribution is 0.177. The maximum Gasteiger partial charge on any atom is 0.158 e. The van der Waals surface area contributed by atoms with E-state index in [1.807, 2.05) is 0 Å². The lowest BCUT2D eigenvalue weighted by Crippen LogP contribution is -2.39. The molecule has 5 nitrogen and oxygen atoms in total. The molecule has 1 fully saturated rings. The molecule has 1 aliphatic carbocycles. The molecule has 0 radical (unpaired) electrons. The average Bonchev–Trinajstić information content (AvgIpc) is 2.78. The van der Waals surface area contributed by atoms with Crippen molar-refractivity contribution in [2.45, 2.75) is 37.8 Å². The standard InChI is InChI=1S/C12H18ClN3O2/c1-18-7-11-14-9(13)6-10(15-11)16-12(8-17)4-2-3-5-12/h6,17H,2-5,7-8H2,1H3,(H,14,15,16). The fourth-order valence-corrected chi connectivity index (χ4v) is 2.57. The molecule has 0 aliphatic heterocycles. The zero-order chi connectivity index (χ0) is 13.0. The Labute approximate surface area is 112 Å². The van der Waals surface area contributed by atoms with Crippen molar-refractivity contribution in [3.05, 3.63) is 17.0 Å². The van der Waals surface area contributed by atoms with E-state index in [2.05, 4.69) is 15.3 Å². The van der Waals surface area contributed by atoms with Gasteiger partial charge in [0.15, 0.2) is 5.82 Å². The predicted octanol–water partition coefficient (Wildman–Crippen LogP) is 1.99. The SMILES string of the molecule is COCc1nc(Cl)cc(NC2(CO)CCCC2)n1. The van der Waals surface area contributed by atoms with Gasteiger partial charge in [0, 0.05) is 13.2 Å². The van der Waals surface area contributed by atoms with Gasteiger partial charge in [-0.2, -0.15) is 0 Å². The minimum absolute atomic E-state index is 0.105. The molecule has 0 saturated heterocycles. The van der Waals surface area contributed by atoms with Crippen LogP contribution in [0.15, 0.2) is 6.07 Å². The Balaban J connectivity index is 2.17. The highest BCUT2D eigenvalue weighted by Crippen LogP contribution is 2.32. The predicted molar refractivity (Wildman–Crippen MR) is 69.7 cm³/mol. The molecule has 0 unspecified atom stereocenters. The summed E-state index contributed by atoms with van der Waals surface area (Å²) < 4.78 is 5.00. The lowest BCUT2D eigenvalue weighted by Gasteiger charge is -2.28. The number of hydrogen-bond donors (Lipinski definition) is 2. The first-order valence-corrected chi connectivity index (χ1v) is 6.47. The third-order valence-corrected chi connectivity index (χ3v) is 3.46. The Morgan fingerprint density at radius 3 is 2.78 bits per heavy atom. The van der Waals surface area contributed by atoms with E-state index in [1.54, 1.807) is 13.2 Å². The van der Waals surface area contributed by atoms with E-state index < -0.39 is 0 Å². The van der Waals surface area contributed by atoms with Gasteiger partial charge in [0.2, 0.25) is 0 Å². The average molecular weight is 272 g/mol. The van der Waals surface area contributed by atoms with Crippen LogP contribution in [-0.2, 0) is 11.3 Å². The highest BCUT2D eigenvalue weighted by Gasteiger charge is 2.33. The van der Waals surface area contributed by atoms with Gasteiger partial charge in [-0.3, -0.25) is 0 Å². The number of aliphatic hydroxyl groups is 1. The molecule has 0 atom stereocenters. The molecule has 1 aliphatic rings. The fraction of sp³-hybridized carbons (Fsp3) is 0.667. The Morgan fingerprint density at radius 1 is 1.44 bits per heavy atom. The second kappa shape index (κ2) is 5.82. The van der Waals surface area contributed by atoms with Gasteiger partial charge in [0.25, 0.3) is 0 Å². The Bertz CT molecular complexity index is 408. The number of nitrogens with zero attached hydrogens (tertiary/aromatic N) is 2. The molecule has 100 valence electrons. The molecule has 0 aromatic carbocycles. The van der Waals surface area contributed by atoms with Crippen LogP contribution in [0.25, 0.3) is 0 Å². The number of ether oxygens (including phenoxy) is 1. The summed E-state index contributed by atoms with van der Waals surface area (Å²) in [4.78, 5) is 8.41. The van der Waals surface area contributed by atoms with Crippen LogP contribution in [0, 0.1) is 0 Å². The third kappa shape index (κ3) is 3.10. The van der Waals surface area contributed by atoms with Gasteiger partial charge in [-0.25, -0.2) is 9.97 Å². The Morgan fingerprint density at radius 2 is 2.17 bits per heavy atom. The van der Waals surface area contributed by atoms with Crippen LogP contribution >= 0.6 is 11.6 Å². The van der Waals surface area contributed by atoms with Crippen molar-refractivity contribution in [2.24, 2.45) is 0 Å². The van der Waals surface area contributed by atoms with Gasteiger partial charge in [-0.05, 0) is 12.8 Å². The summed E-state index contributed by atoms with van der Waals surface area (Å²) in [6.07, 6.45) is 4.14. The number of aliphatic hydroxyl groups excluding tert-OH is 1. The van der Waals surface area contributed by atoms with Gasteiger partial charge in [-0.1, -0.05) is 24.4 Å². The molecular weight excluding hydrogens is 254 g/mol. The number of anilines is 1. The monoisotopic (exact) mass is 271 g/mol. The van der Waals surface area contributed by atoms with Gasteiger partial charge < -0.3 is 15.2 Å². The summed E-state index contributed by atoms with van der Waals surface area (Å²) in [7, 11) is 1.59. The van der Waals surface area contributed by atoms with Crippen LogP contribution in [0.1, 0.15) is 31.5 Å². The molecule has 1 saturated carbocycles. The summed E-state index contributed by atoms with van der Waals surface area (Å²) in [5, 5.41) is 13.2. The first kappa shape index (κ1) is 13.5. The number of hydrogen-bond acceptors (Lipinski definition) is 5. The van der Waals surface area contributed by atoms with Crippen molar-refractivity contribution in [3.63, 3.8) is 0 Å². The van der Waals surface area contributed by atoms with Crippen LogP contribution in [0.2, 0.25) is 5.15 Å². The summed E-state index contributed by atoms with van der Waals surface area (Å²) in [5.74, 6) is 1.19. The first-order chi connectivity index (χ1) is 8.67. The van der Waals surface area contributed by atoms with E-state index in [4.69, 9.17) is 16.3 Å². The topological polar surface area (TPSA) is 67.3 Å². The summed E-state index contributed by atoms with van der Waals surface area (Å²) in [6, 6.07) is 1.68. The van der Waals surface area contributed by atoms with Gasteiger partial charge in [0.1, 0.15) is 17.6 Å². The number of halogens is 1. The van der Waals surface area contributed by atoms with E-state index >= 15 is 0 Å². The molecule has 0 bridgehead atoms. The van der Waals surface area contributed by atoms with Crippen molar-refractivity contribution >= 4 is 17.4 Å².